The highest BCUT2D eigenvalue weighted by Crippen LogP contribution is 2.43. The first kappa shape index (κ1) is 79.7. The first-order valence-electron chi connectivity index (χ1n) is 35.6. The number of ether oxygens (including phenoxy) is 5. The van der Waals surface area contributed by atoms with E-state index < -0.39 is 245 Å². The number of aryl methyl sites for hydroxylation is 1. The third kappa shape index (κ3) is 14.5. The molecule has 3 aromatic heterocycles. The van der Waals surface area contributed by atoms with Gasteiger partial charge in [0.1, 0.15) is 69.9 Å². The number of aromatic hydroxyl groups is 2. The number of rotatable bonds is 14. The number of aromatic nitrogens is 3. The molecule has 14 atom stereocenters. The van der Waals surface area contributed by atoms with E-state index in [1.165, 1.54) is 30.4 Å². The van der Waals surface area contributed by atoms with Crippen LogP contribution in [0.1, 0.15) is 148 Å². The first-order chi connectivity index (χ1) is 53.9. The molecule has 6 aromatic rings. The van der Waals surface area contributed by atoms with Gasteiger partial charge in [-0.2, -0.15) is 8.42 Å². The van der Waals surface area contributed by atoms with Crippen LogP contribution >= 0.6 is 0 Å². The number of carbonyl (C=O) groups is 7. The van der Waals surface area contributed by atoms with E-state index in [-0.39, 0.29) is 79.2 Å². The number of fused-ring (bicyclic) bond motifs is 15. The number of aliphatic carboxylic acids is 1. The zero-order valence-electron chi connectivity index (χ0n) is 59.9. The summed E-state index contributed by atoms with van der Waals surface area (Å²) >= 11 is 0. The van der Waals surface area contributed by atoms with E-state index in [4.69, 9.17) is 23.7 Å². The number of benzene rings is 3. The van der Waals surface area contributed by atoms with Crippen molar-refractivity contribution in [1.29, 1.82) is 0 Å². The van der Waals surface area contributed by atoms with Gasteiger partial charge in [-0.15, -0.1) is 0 Å². The Morgan fingerprint density at radius 1 is 0.491 bits per heavy atom. The van der Waals surface area contributed by atoms with E-state index in [0.29, 0.717) is 50.0 Å². The zero-order valence-corrected chi connectivity index (χ0v) is 60.7. The number of carboxylic acids is 1. The molecular weight excluding hydrogens is 1560 g/mol. The maximum Gasteiger partial charge on any atom is 0.335 e. The molecule has 6 amide bonds. The topological polar surface area (TPSA) is 442 Å². The molecule has 9 N–H and O–H groups in total. The standard InChI is InChI=1S/C28H29F2N3O11.C22H20F3N3O8S.C22H20F3N3O5/c1-10-4-15(29)13(16(30)5-10)7-31-25(38)14-8-32-9-17-33(11-2-3-12(6-11)42-17)26(39)18(32)23(19(14)34)43-28-22(37)20(35)21(36)24(44-28)27(40)41;1-37(33,34)36-20-14(24)5-13(23)11(16(20)25)6-26-21(31)12-7-27-8-15-28(9-2-3-10(4-9)35-15)22(32)17(27)19(30)18(12)29;1-9-14(23)5-15(24)12(17(9)25)6-26-21(31)13-7-27-8-16-28(10-2-3-11(4-10)33-16)22(32)18(27)20(30)19(13)29/h4-5,8,11-12,17,20-22,24,28,35-37H,2-3,6-7,9H2,1H3,(H,31,38)(H,40,41);5,7,9-10,15,30H,2-4,6,8H2,1H3,(H,26,31);5,7,10-11,16,30H,2-4,6,8H2,1H3,(H,26,31)/t11-,12+,17+,20-,21-,22+,24-,28+;9-,10+,15+;10-,11+,16+/m000/s1. The Labute approximate surface area is 636 Å². The lowest BCUT2D eigenvalue weighted by Crippen LogP contribution is -2.61. The average Bonchev–Trinajstić information content (AvgIpc) is 1.31. The van der Waals surface area contributed by atoms with Crippen LogP contribution in [0.3, 0.4) is 0 Å². The van der Waals surface area contributed by atoms with Crippen LogP contribution in [0.2, 0.25) is 0 Å². The Morgan fingerprint density at radius 2 is 0.877 bits per heavy atom. The van der Waals surface area contributed by atoms with Gasteiger partial charge in [0.2, 0.25) is 28.3 Å². The second-order valence-corrected chi connectivity index (χ2v) is 30.5. The minimum atomic E-state index is -4.36. The molecule has 3 saturated carbocycles. The van der Waals surface area contributed by atoms with Crippen LogP contribution in [-0.4, -0.2) is 201 Å². The Bertz CT molecular complexity index is 5380. The third-order valence-electron chi connectivity index (χ3n) is 21.6. The van der Waals surface area contributed by atoms with Gasteiger partial charge < -0.3 is 103 Å². The molecule has 3 aromatic carbocycles. The fraction of sp³-hybridized carbons (Fsp3) is 0.444. The maximum atomic E-state index is 14.6. The van der Waals surface area contributed by atoms with Crippen molar-refractivity contribution in [2.24, 2.45) is 0 Å². The summed E-state index contributed by atoms with van der Waals surface area (Å²) in [5.41, 5.74) is -8.12. The molecule has 10 heterocycles. The normalized spacial score (nSPS) is 25.9. The summed E-state index contributed by atoms with van der Waals surface area (Å²) in [6, 6.07) is 2.52. The van der Waals surface area contributed by atoms with E-state index in [2.05, 4.69) is 20.1 Å². The molecule has 7 fully saturated rings. The van der Waals surface area contributed by atoms with Crippen LogP contribution in [0.5, 0.6) is 23.0 Å². The van der Waals surface area contributed by atoms with Crippen LogP contribution in [-0.2, 0) is 73.1 Å². The highest BCUT2D eigenvalue weighted by molar-refractivity contribution is 7.86. The van der Waals surface area contributed by atoms with E-state index >= 15 is 0 Å². The molecule has 0 spiro atoms. The minimum Gasteiger partial charge on any atom is -0.503 e. The van der Waals surface area contributed by atoms with Gasteiger partial charge in [0.15, 0.2) is 70.8 Å². The predicted octanol–water partition coefficient (Wildman–Crippen LogP) is 2.28. The van der Waals surface area contributed by atoms with E-state index in [1.807, 2.05) is 0 Å². The number of halogens is 8. The molecule has 33 nitrogen and oxygen atoms in total. The van der Waals surface area contributed by atoms with Gasteiger partial charge in [0, 0.05) is 90.7 Å². The molecule has 114 heavy (non-hydrogen) atoms. The number of pyridine rings is 3. The molecule has 0 unspecified atom stereocenters. The second kappa shape index (κ2) is 30.5. The summed E-state index contributed by atoms with van der Waals surface area (Å²) in [6.07, 6.45) is -2.27. The van der Waals surface area contributed by atoms with Gasteiger partial charge in [-0.25, -0.2) is 39.9 Å². The van der Waals surface area contributed by atoms with Crippen molar-refractivity contribution in [3.05, 3.63) is 182 Å². The molecule has 4 saturated heterocycles. The van der Waals surface area contributed by atoms with Crippen molar-refractivity contribution < 1.29 is 136 Å². The fourth-order valence-corrected chi connectivity index (χ4v) is 16.6. The number of amides is 6. The third-order valence-corrected chi connectivity index (χ3v) is 22.1. The molecule has 6 bridgehead atoms. The molecule has 42 heteroatoms. The maximum absolute atomic E-state index is 14.6. The number of aliphatic hydroxyl groups excluding tert-OH is 3. The first-order valence-corrected chi connectivity index (χ1v) is 37.4. The number of nitrogens with one attached hydrogen (secondary N) is 3. The van der Waals surface area contributed by atoms with Gasteiger partial charge in [-0.05, 0) is 89.3 Å². The van der Waals surface area contributed by atoms with Crippen LogP contribution in [0.15, 0.2) is 57.2 Å². The molecule has 3 aliphatic carbocycles. The van der Waals surface area contributed by atoms with Crippen molar-refractivity contribution >= 4 is 51.5 Å². The number of aliphatic hydroxyl groups is 3. The molecule has 0 radical (unpaired) electrons. The van der Waals surface area contributed by atoms with E-state index in [1.54, 1.807) is 4.90 Å². The number of carbonyl (C=O) groups excluding carboxylic acids is 6. The lowest BCUT2D eigenvalue weighted by molar-refractivity contribution is -0.271. The zero-order chi connectivity index (χ0) is 82.0. The quantitative estimate of drug-likeness (QED) is 0.0558. The SMILES string of the molecule is CS(=O)(=O)Oc1c(F)cc(F)c(CNC(=O)c2cn3c(c(O)c2=O)C(=O)N2[C@H]4CC[C@H](C4)O[C@@H]2C3)c1F.Cc1c(F)cc(F)c(CNC(=O)c2cn3c(c(O)c2=O)C(=O)N2[C@H]4CC[C@H](C4)O[C@@H]2C3)c1F.Cc1cc(F)c(CNC(=O)c2cn3c(c(O[C@@H]4O[C@H](C(=O)O)[C@@H](O)[C@H](O)[C@H]4O)c2=O)C(=O)N2[C@H]4CC[C@H](C4)O[C@@H]2C3)c(F)c1. The number of hydrogen-bond acceptors (Lipinski definition) is 23. The van der Waals surface area contributed by atoms with Gasteiger partial charge >= 0.3 is 16.1 Å². The number of nitrogens with zero attached hydrogens (tertiary/aromatic N) is 6. The summed E-state index contributed by atoms with van der Waals surface area (Å²) in [5.74, 6) is -20.8. The Morgan fingerprint density at radius 3 is 1.31 bits per heavy atom. The average molecular weight is 1630 g/mol. The molecule has 16 rings (SSSR count). The Kier molecular flexibility index (Phi) is 21.3. The largest absolute Gasteiger partial charge is 0.503 e. The van der Waals surface area contributed by atoms with Crippen molar-refractivity contribution in [2.75, 3.05) is 6.26 Å². The Balaban J connectivity index is 0.000000143. The van der Waals surface area contributed by atoms with Crippen LogP contribution in [0, 0.1) is 60.4 Å². The number of carboxylic acid groups (broad SMARTS) is 1. The van der Waals surface area contributed by atoms with Crippen LogP contribution in [0.25, 0.3) is 0 Å². The van der Waals surface area contributed by atoms with Gasteiger partial charge in [0.05, 0.1) is 44.2 Å². The lowest BCUT2D eigenvalue weighted by atomic mass is 9.99. The van der Waals surface area contributed by atoms with Crippen LogP contribution < -0.4 is 41.2 Å². The number of hydrogen-bond donors (Lipinski definition) is 9. The summed E-state index contributed by atoms with van der Waals surface area (Å²) in [6.45, 7) is 0.507. The predicted molar refractivity (Wildman–Crippen MR) is 365 cm³/mol. The van der Waals surface area contributed by atoms with Crippen molar-refractivity contribution in [3.8, 4) is 23.0 Å². The molecular formula is C72H69F8N9O24S. The van der Waals surface area contributed by atoms with E-state index in [9.17, 15) is 122 Å². The van der Waals surface area contributed by atoms with Gasteiger partial charge in [-0.3, -0.25) is 43.2 Å². The second-order valence-electron chi connectivity index (χ2n) is 28.9. The molecule has 608 valence electrons. The Hall–Kier alpha value is -10.9. The summed E-state index contributed by atoms with van der Waals surface area (Å²) in [5, 5.41) is 67.8. The monoisotopic (exact) mass is 1630 g/mol. The van der Waals surface area contributed by atoms with Gasteiger partial charge in [0.25, 0.3) is 35.4 Å². The summed E-state index contributed by atoms with van der Waals surface area (Å²) in [7, 11) is -4.36. The fourth-order valence-electron chi connectivity index (χ4n) is 16.1. The van der Waals surface area contributed by atoms with Crippen molar-refractivity contribution in [2.45, 2.75) is 197 Å². The summed E-state index contributed by atoms with van der Waals surface area (Å²) in [4.78, 5) is 134. The lowest BCUT2D eigenvalue weighted by Gasteiger charge is -2.45. The van der Waals surface area contributed by atoms with Crippen LogP contribution in [0.4, 0.5) is 35.1 Å². The smallest absolute Gasteiger partial charge is 0.335 e. The van der Waals surface area contributed by atoms with Gasteiger partial charge in [-0.1, -0.05) is 0 Å². The molecule has 7 aliphatic heterocycles. The highest BCUT2D eigenvalue weighted by Gasteiger charge is 2.54. The minimum absolute atomic E-state index is 0.0200. The van der Waals surface area contributed by atoms with E-state index in [0.717, 1.165) is 63.3 Å². The van der Waals surface area contributed by atoms with Crippen molar-refractivity contribution in [3.63, 3.8) is 0 Å². The summed E-state index contributed by atoms with van der Waals surface area (Å²) < 4.78 is 172. The highest BCUT2D eigenvalue weighted by atomic mass is 32.2. The van der Waals surface area contributed by atoms with Crippen molar-refractivity contribution in [1.82, 2.24) is 44.4 Å². The molecule has 10 aliphatic rings.